The van der Waals surface area contributed by atoms with Gasteiger partial charge in [0.1, 0.15) is 18.5 Å². The second kappa shape index (κ2) is 10.3. The van der Waals surface area contributed by atoms with Gasteiger partial charge >= 0.3 is 12.0 Å². The number of hydrogen-bond acceptors (Lipinski definition) is 6. The van der Waals surface area contributed by atoms with Crippen molar-refractivity contribution in [2.75, 3.05) is 31.4 Å². The molecule has 0 aromatic heterocycles. The van der Waals surface area contributed by atoms with E-state index in [1.165, 1.54) is 7.11 Å². The largest absolute Gasteiger partial charge is 0.490 e. The van der Waals surface area contributed by atoms with Gasteiger partial charge in [0.05, 0.1) is 31.2 Å². The van der Waals surface area contributed by atoms with Crippen molar-refractivity contribution in [3.8, 4) is 5.75 Å². The maximum Gasteiger partial charge on any atom is 0.323 e. The van der Waals surface area contributed by atoms with Gasteiger partial charge in [0.2, 0.25) is 0 Å². The van der Waals surface area contributed by atoms with Crippen molar-refractivity contribution < 1.29 is 28.6 Å². The molecular weight excluding hydrogens is 462 g/mol. The van der Waals surface area contributed by atoms with Crippen molar-refractivity contribution in [3.05, 3.63) is 53.1 Å². The van der Waals surface area contributed by atoms with Crippen LogP contribution in [0, 0.1) is 0 Å². The predicted octanol–water partition coefficient (Wildman–Crippen LogP) is 3.93. The van der Waals surface area contributed by atoms with Gasteiger partial charge in [0, 0.05) is 23.4 Å². The summed E-state index contributed by atoms with van der Waals surface area (Å²) in [5.74, 6) is -0.169. The number of rotatable bonds is 4. The molecule has 2 heterocycles. The van der Waals surface area contributed by atoms with Crippen LogP contribution in [0.3, 0.4) is 0 Å². The highest BCUT2D eigenvalue weighted by Gasteiger charge is 2.39. The first kappa shape index (κ1) is 23.8. The summed E-state index contributed by atoms with van der Waals surface area (Å²) in [7, 11) is 3.07. The normalized spacial score (nSPS) is 21.8. The Morgan fingerprint density at radius 1 is 1.15 bits per heavy atom. The van der Waals surface area contributed by atoms with Crippen molar-refractivity contribution in [2.45, 2.75) is 37.5 Å². The molecule has 2 N–H and O–H groups in total. The van der Waals surface area contributed by atoms with E-state index in [-0.39, 0.29) is 43.2 Å². The van der Waals surface area contributed by atoms with Crippen LogP contribution in [0.5, 0.6) is 5.75 Å². The van der Waals surface area contributed by atoms with E-state index in [1.54, 1.807) is 54.4 Å². The molecule has 0 spiro atoms. The molecule has 1 saturated heterocycles. The summed E-state index contributed by atoms with van der Waals surface area (Å²) in [6.07, 6.45) is 0.829. The average Bonchev–Trinajstić information content (AvgIpc) is 2.81. The number of anilines is 2. The molecule has 4 rings (SSSR count). The van der Waals surface area contributed by atoms with Crippen molar-refractivity contribution >= 4 is 40.9 Å². The number of nitrogens with zero attached hydrogens (tertiary/aromatic N) is 1. The fourth-order valence-electron chi connectivity index (χ4n) is 4.23. The van der Waals surface area contributed by atoms with E-state index < -0.39 is 6.03 Å². The third-order valence-corrected chi connectivity index (χ3v) is 6.21. The van der Waals surface area contributed by atoms with Crippen LogP contribution in [0.2, 0.25) is 5.02 Å². The van der Waals surface area contributed by atoms with Crippen LogP contribution in [0.15, 0.2) is 42.5 Å². The Morgan fingerprint density at radius 3 is 2.65 bits per heavy atom. The third-order valence-electron chi connectivity index (χ3n) is 5.97. The number of methoxy groups -OCH3 is 1. The molecule has 0 radical (unpaired) electrons. The molecule has 0 unspecified atom stereocenters. The van der Waals surface area contributed by atoms with E-state index in [0.29, 0.717) is 40.6 Å². The minimum atomic E-state index is -0.466. The fourth-order valence-corrected chi connectivity index (χ4v) is 4.42. The smallest absolute Gasteiger partial charge is 0.323 e. The third kappa shape index (κ3) is 5.43. The Balaban J connectivity index is 1.47. The molecule has 34 heavy (non-hydrogen) atoms. The van der Waals surface area contributed by atoms with Crippen LogP contribution < -0.4 is 15.4 Å². The lowest BCUT2D eigenvalue weighted by Gasteiger charge is -2.42. The zero-order chi connectivity index (χ0) is 24.2. The lowest BCUT2D eigenvalue weighted by Crippen LogP contribution is -2.53. The van der Waals surface area contributed by atoms with Gasteiger partial charge in [-0.15, -0.1) is 0 Å². The first-order chi connectivity index (χ1) is 16.3. The van der Waals surface area contributed by atoms with E-state index in [9.17, 15) is 14.4 Å². The SMILES string of the molecule is COC(=O)C[C@H]1CC[C@H]2[C@H](COc3ccc(NC(=O)Nc4cccc(Cl)c4)cc3C(=O)N2C)O1. The van der Waals surface area contributed by atoms with Gasteiger partial charge in [0.25, 0.3) is 5.91 Å². The van der Waals surface area contributed by atoms with Crippen molar-refractivity contribution in [1.82, 2.24) is 4.90 Å². The van der Waals surface area contributed by atoms with Crippen LogP contribution in [0.25, 0.3) is 0 Å². The summed E-state index contributed by atoms with van der Waals surface area (Å²) >= 11 is 5.95. The van der Waals surface area contributed by atoms with Gasteiger partial charge in [-0.05, 0) is 49.2 Å². The summed E-state index contributed by atoms with van der Waals surface area (Å²) in [4.78, 5) is 39.0. The molecule has 0 bridgehead atoms. The highest BCUT2D eigenvalue weighted by atomic mass is 35.5. The number of benzene rings is 2. The molecule has 2 aliphatic heterocycles. The lowest BCUT2D eigenvalue weighted by molar-refractivity contribution is -0.151. The van der Waals surface area contributed by atoms with Crippen molar-refractivity contribution in [3.63, 3.8) is 0 Å². The average molecular weight is 488 g/mol. The van der Waals surface area contributed by atoms with Crippen molar-refractivity contribution in [1.29, 1.82) is 0 Å². The Bertz CT molecular complexity index is 1090. The van der Waals surface area contributed by atoms with Gasteiger partial charge in [-0.25, -0.2) is 4.79 Å². The molecule has 0 aliphatic carbocycles. The molecule has 180 valence electrons. The number of carbonyl (C=O) groups excluding carboxylic acids is 3. The minimum Gasteiger partial charge on any atom is -0.490 e. The number of carbonyl (C=O) groups is 3. The first-order valence-corrected chi connectivity index (χ1v) is 11.3. The number of urea groups is 1. The lowest BCUT2D eigenvalue weighted by atomic mass is 9.94. The molecule has 10 heteroatoms. The minimum absolute atomic E-state index is 0.167. The van der Waals surface area contributed by atoms with Crippen LogP contribution >= 0.6 is 11.6 Å². The van der Waals surface area contributed by atoms with E-state index in [2.05, 4.69) is 10.6 Å². The Labute approximate surface area is 202 Å². The van der Waals surface area contributed by atoms with Crippen LogP contribution in [0.4, 0.5) is 16.2 Å². The summed E-state index contributed by atoms with van der Waals surface area (Å²) in [5, 5.41) is 5.94. The number of esters is 1. The highest BCUT2D eigenvalue weighted by molar-refractivity contribution is 6.30. The van der Waals surface area contributed by atoms with Crippen LogP contribution in [0.1, 0.15) is 29.6 Å². The second-order valence-electron chi connectivity index (χ2n) is 8.25. The van der Waals surface area contributed by atoms with E-state index in [4.69, 9.17) is 25.8 Å². The molecule has 2 aromatic carbocycles. The van der Waals surface area contributed by atoms with Gasteiger partial charge in [-0.2, -0.15) is 0 Å². The molecule has 0 saturated carbocycles. The van der Waals surface area contributed by atoms with Gasteiger partial charge in [-0.3, -0.25) is 9.59 Å². The topological polar surface area (TPSA) is 106 Å². The molecular formula is C24H26ClN3O6. The van der Waals surface area contributed by atoms with Gasteiger partial charge < -0.3 is 29.7 Å². The number of ether oxygens (including phenoxy) is 3. The Kier molecular flexibility index (Phi) is 7.23. The van der Waals surface area contributed by atoms with Crippen molar-refractivity contribution in [2.24, 2.45) is 0 Å². The maximum atomic E-state index is 13.3. The van der Waals surface area contributed by atoms with Gasteiger partial charge in [0.15, 0.2) is 0 Å². The fraction of sp³-hybridized carbons (Fsp3) is 0.375. The zero-order valence-corrected chi connectivity index (χ0v) is 19.6. The standard InChI is InChI=1S/C24H26ClN3O6/c1-28-19-8-7-17(12-22(29)32-2)34-21(19)13-33-20-9-6-16(11-18(20)23(28)30)27-24(31)26-15-5-3-4-14(25)10-15/h3-6,9-11,17,19,21H,7-8,12-13H2,1-2H3,(H2,26,27,31)/t17-,19+,21+/m1/s1. The quantitative estimate of drug-likeness (QED) is 0.633. The van der Waals surface area contributed by atoms with E-state index in [1.807, 2.05) is 0 Å². The molecule has 2 aromatic rings. The number of nitrogens with one attached hydrogen (secondary N) is 2. The number of hydrogen-bond donors (Lipinski definition) is 2. The van der Waals surface area contributed by atoms with Crippen LogP contribution in [-0.2, 0) is 14.3 Å². The summed E-state index contributed by atoms with van der Waals surface area (Å²) in [6.45, 7) is 0.231. The molecule has 2 aliphatic rings. The first-order valence-electron chi connectivity index (χ1n) is 10.9. The summed E-state index contributed by atoms with van der Waals surface area (Å²) in [6, 6.07) is 11.0. The Hall–Kier alpha value is -3.30. The molecule has 3 atom stereocenters. The van der Waals surface area contributed by atoms with Gasteiger partial charge in [-0.1, -0.05) is 17.7 Å². The predicted molar refractivity (Wildman–Crippen MR) is 126 cm³/mol. The Morgan fingerprint density at radius 2 is 1.91 bits per heavy atom. The zero-order valence-electron chi connectivity index (χ0n) is 18.9. The number of amides is 3. The molecule has 3 amide bonds. The monoisotopic (exact) mass is 487 g/mol. The summed E-state index contributed by atoms with van der Waals surface area (Å²) < 4.78 is 16.8. The second-order valence-corrected chi connectivity index (χ2v) is 8.69. The van der Waals surface area contributed by atoms with Crippen LogP contribution in [-0.4, -0.2) is 61.8 Å². The number of likely N-dealkylation sites (N-methyl/N-ethyl adjacent to an activating group) is 1. The number of fused-ring (bicyclic) bond motifs is 2. The highest BCUT2D eigenvalue weighted by Crippen LogP contribution is 2.32. The van der Waals surface area contributed by atoms with E-state index in [0.717, 1.165) is 0 Å². The summed E-state index contributed by atoms with van der Waals surface area (Å²) in [5.41, 5.74) is 1.33. The molecule has 1 fully saturated rings. The number of halogens is 1. The van der Waals surface area contributed by atoms with E-state index >= 15 is 0 Å². The maximum absolute atomic E-state index is 13.3. The molecule has 9 nitrogen and oxygen atoms in total.